The maximum atomic E-state index is 13.3. The van der Waals surface area contributed by atoms with Gasteiger partial charge in [-0.05, 0) is 24.1 Å². The summed E-state index contributed by atoms with van der Waals surface area (Å²) in [4.78, 5) is 17.1. The number of amides is 2. The number of likely N-dealkylation sites (tertiary alicyclic amines) is 1. The molecule has 1 saturated heterocycles. The highest BCUT2D eigenvalue weighted by Gasteiger charge is 2.46. The second-order valence-electron chi connectivity index (χ2n) is 5.19. The molecule has 0 aromatic carbocycles. The lowest BCUT2D eigenvalue weighted by molar-refractivity contribution is 0.0141. The predicted molar refractivity (Wildman–Crippen MR) is 73.0 cm³/mol. The van der Waals surface area contributed by atoms with E-state index in [0.29, 0.717) is 5.69 Å². The number of carbonyl (C=O) groups is 1. The highest BCUT2D eigenvalue weighted by Crippen LogP contribution is 2.31. The number of alkyl halides is 2. The van der Waals surface area contributed by atoms with Crippen LogP contribution in [0.5, 0.6) is 0 Å². The number of pyridine rings is 1. The molecular formula is C14H19F2N3O2. The molecule has 1 aromatic rings. The number of carbonyl (C=O) groups excluding carboxylic acids is 1. The molecule has 1 unspecified atom stereocenters. The first kappa shape index (κ1) is 15.6. The van der Waals surface area contributed by atoms with Gasteiger partial charge in [0, 0.05) is 12.6 Å². The first-order valence-electron chi connectivity index (χ1n) is 6.92. The molecule has 7 heteroatoms. The highest BCUT2D eigenvalue weighted by atomic mass is 19.3. The van der Waals surface area contributed by atoms with Crippen molar-refractivity contribution in [1.82, 2.24) is 15.2 Å². The molecule has 0 saturated carbocycles. The molecule has 21 heavy (non-hydrogen) atoms. The van der Waals surface area contributed by atoms with Crippen LogP contribution in [-0.4, -0.2) is 46.1 Å². The Morgan fingerprint density at radius 1 is 1.62 bits per heavy atom. The van der Waals surface area contributed by atoms with Crippen LogP contribution in [0, 0.1) is 0 Å². The molecule has 0 spiro atoms. The molecule has 2 heterocycles. The highest BCUT2D eigenvalue weighted by molar-refractivity contribution is 5.75. The first-order valence-corrected chi connectivity index (χ1v) is 6.92. The lowest BCUT2D eigenvalue weighted by Gasteiger charge is -2.22. The van der Waals surface area contributed by atoms with Gasteiger partial charge in [0.05, 0.1) is 31.4 Å². The van der Waals surface area contributed by atoms with E-state index in [0.717, 1.165) is 16.9 Å². The Morgan fingerprint density at radius 2 is 2.38 bits per heavy atom. The van der Waals surface area contributed by atoms with Crippen molar-refractivity contribution in [1.29, 1.82) is 0 Å². The molecule has 1 aliphatic rings. The van der Waals surface area contributed by atoms with Crippen LogP contribution in [0.3, 0.4) is 0 Å². The molecule has 2 N–H and O–H groups in total. The fourth-order valence-corrected chi connectivity index (χ4v) is 2.41. The van der Waals surface area contributed by atoms with Gasteiger partial charge >= 0.3 is 6.03 Å². The van der Waals surface area contributed by atoms with Gasteiger partial charge in [0.2, 0.25) is 0 Å². The minimum Gasteiger partial charge on any atom is -0.394 e. The van der Waals surface area contributed by atoms with Crippen molar-refractivity contribution in [3.63, 3.8) is 0 Å². The Balaban J connectivity index is 1.95. The second-order valence-corrected chi connectivity index (χ2v) is 5.19. The van der Waals surface area contributed by atoms with Gasteiger partial charge in [-0.2, -0.15) is 0 Å². The number of aromatic nitrogens is 1. The van der Waals surface area contributed by atoms with E-state index in [9.17, 15) is 13.6 Å². The van der Waals surface area contributed by atoms with Crippen molar-refractivity contribution in [3.8, 4) is 0 Å². The molecule has 1 aromatic heterocycles. The third-order valence-electron chi connectivity index (χ3n) is 3.56. The summed E-state index contributed by atoms with van der Waals surface area (Å²) >= 11 is 0. The maximum Gasteiger partial charge on any atom is 0.318 e. The molecule has 0 bridgehead atoms. The van der Waals surface area contributed by atoms with Crippen molar-refractivity contribution < 1.29 is 18.7 Å². The van der Waals surface area contributed by atoms with E-state index in [4.69, 9.17) is 5.11 Å². The zero-order chi connectivity index (χ0) is 15.5. The summed E-state index contributed by atoms with van der Waals surface area (Å²) in [6.45, 7) is 1.06. The van der Waals surface area contributed by atoms with E-state index in [1.54, 1.807) is 6.20 Å². The van der Waals surface area contributed by atoms with E-state index in [1.165, 1.54) is 0 Å². The summed E-state index contributed by atoms with van der Waals surface area (Å²) in [7, 11) is 0. The van der Waals surface area contributed by atoms with Crippen LogP contribution in [0.4, 0.5) is 13.6 Å². The quantitative estimate of drug-likeness (QED) is 0.886. The fraction of sp³-hybridized carbons (Fsp3) is 0.571. The van der Waals surface area contributed by atoms with Gasteiger partial charge in [0.15, 0.2) is 0 Å². The molecule has 1 atom stereocenters. The minimum atomic E-state index is -2.94. The van der Waals surface area contributed by atoms with Gasteiger partial charge in [0.1, 0.15) is 0 Å². The minimum absolute atomic E-state index is 0.174. The Bertz CT molecular complexity index is 511. The van der Waals surface area contributed by atoms with Crippen LogP contribution in [0.15, 0.2) is 18.3 Å². The fourth-order valence-electron chi connectivity index (χ4n) is 2.41. The number of halogens is 2. The summed E-state index contributed by atoms with van der Waals surface area (Å²) in [5.41, 5.74) is 1.77. The van der Waals surface area contributed by atoms with Crippen LogP contribution in [0.25, 0.3) is 0 Å². The molecule has 0 aliphatic carbocycles. The lowest BCUT2D eigenvalue weighted by Crippen LogP contribution is -2.44. The van der Waals surface area contributed by atoms with Gasteiger partial charge in [0.25, 0.3) is 5.92 Å². The largest absolute Gasteiger partial charge is 0.394 e. The van der Waals surface area contributed by atoms with Gasteiger partial charge in [-0.3, -0.25) is 4.98 Å². The van der Waals surface area contributed by atoms with Crippen molar-refractivity contribution in [3.05, 3.63) is 29.6 Å². The third-order valence-corrected chi connectivity index (χ3v) is 3.56. The topological polar surface area (TPSA) is 65.5 Å². The number of aliphatic hydroxyl groups excluding tert-OH is 1. The summed E-state index contributed by atoms with van der Waals surface area (Å²) in [5, 5.41) is 11.7. The summed E-state index contributed by atoms with van der Waals surface area (Å²) < 4.78 is 26.6. The summed E-state index contributed by atoms with van der Waals surface area (Å²) in [6.07, 6.45) is 2.01. The lowest BCUT2D eigenvalue weighted by atomic mass is 10.2. The van der Waals surface area contributed by atoms with E-state index in [1.807, 2.05) is 19.1 Å². The Kier molecular flexibility index (Phi) is 4.72. The van der Waals surface area contributed by atoms with Crippen LogP contribution in [0.2, 0.25) is 0 Å². The molecule has 2 rings (SSSR count). The molecule has 116 valence electrons. The Hall–Kier alpha value is -1.76. The third kappa shape index (κ3) is 3.87. The zero-order valence-electron chi connectivity index (χ0n) is 11.9. The summed E-state index contributed by atoms with van der Waals surface area (Å²) in [5.74, 6) is -2.94. The number of rotatable bonds is 4. The van der Waals surface area contributed by atoms with Gasteiger partial charge < -0.3 is 15.3 Å². The average molecular weight is 299 g/mol. The number of aryl methyl sites for hydroxylation is 1. The molecule has 5 nitrogen and oxygen atoms in total. The normalized spacial score (nSPS) is 20.6. The standard InChI is InChI=1S/C14H19F2N3O2/c1-2-10-3-4-17-11(5-10)7-18-13(21)19-9-14(15,16)6-12(19)8-20/h3-5,12,20H,2,6-9H2,1H3,(H,18,21). The van der Waals surface area contributed by atoms with Crippen LogP contribution in [-0.2, 0) is 13.0 Å². The molecule has 0 radical (unpaired) electrons. The zero-order valence-corrected chi connectivity index (χ0v) is 11.9. The van der Waals surface area contributed by atoms with Crippen molar-refractivity contribution in [2.45, 2.75) is 38.3 Å². The Morgan fingerprint density at radius 3 is 3.05 bits per heavy atom. The monoisotopic (exact) mass is 299 g/mol. The number of aliphatic hydroxyl groups is 1. The van der Waals surface area contributed by atoms with Crippen molar-refractivity contribution >= 4 is 6.03 Å². The molecule has 1 aliphatic heterocycles. The Labute approximate surface area is 122 Å². The number of urea groups is 1. The second kappa shape index (κ2) is 6.34. The predicted octanol–water partition coefficient (Wildman–Crippen LogP) is 1.56. The smallest absolute Gasteiger partial charge is 0.318 e. The van der Waals surface area contributed by atoms with Gasteiger partial charge in [-0.15, -0.1) is 0 Å². The van der Waals surface area contributed by atoms with Crippen LogP contribution in [0.1, 0.15) is 24.6 Å². The first-order chi connectivity index (χ1) is 9.95. The van der Waals surface area contributed by atoms with E-state index in [-0.39, 0.29) is 6.54 Å². The number of nitrogens with one attached hydrogen (secondary N) is 1. The number of hydrogen-bond donors (Lipinski definition) is 2. The van der Waals surface area contributed by atoms with Crippen molar-refractivity contribution in [2.24, 2.45) is 0 Å². The van der Waals surface area contributed by atoms with E-state index >= 15 is 0 Å². The maximum absolute atomic E-state index is 13.3. The van der Waals surface area contributed by atoms with E-state index < -0.39 is 37.6 Å². The SMILES string of the molecule is CCc1ccnc(CNC(=O)N2CC(F)(F)CC2CO)c1. The molecule has 2 amide bonds. The van der Waals surface area contributed by atoms with Gasteiger partial charge in [-0.25, -0.2) is 13.6 Å². The number of nitrogens with zero attached hydrogens (tertiary/aromatic N) is 2. The summed E-state index contributed by atoms with van der Waals surface area (Å²) in [6, 6.07) is 2.31. The molecule has 1 fully saturated rings. The molecular weight excluding hydrogens is 280 g/mol. The number of hydrogen-bond acceptors (Lipinski definition) is 3. The van der Waals surface area contributed by atoms with E-state index in [2.05, 4.69) is 10.3 Å². The van der Waals surface area contributed by atoms with Gasteiger partial charge in [-0.1, -0.05) is 6.92 Å². The van der Waals surface area contributed by atoms with Crippen LogP contribution >= 0.6 is 0 Å². The average Bonchev–Trinajstić information content (AvgIpc) is 2.80. The van der Waals surface area contributed by atoms with Crippen LogP contribution < -0.4 is 5.32 Å². The van der Waals surface area contributed by atoms with Crippen molar-refractivity contribution in [2.75, 3.05) is 13.2 Å².